The predicted molar refractivity (Wildman–Crippen MR) is 52.7 cm³/mol. The quantitative estimate of drug-likeness (QED) is 0.660. The molecule has 0 bridgehead atoms. The van der Waals surface area contributed by atoms with Gasteiger partial charge in [0.05, 0.1) is 0 Å². The molecule has 0 amide bonds. The molecule has 1 aliphatic carbocycles. The Balaban J connectivity index is 0.000000396. The van der Waals surface area contributed by atoms with Gasteiger partial charge in [-0.3, -0.25) is 4.79 Å². The van der Waals surface area contributed by atoms with Crippen LogP contribution in [0, 0.1) is 0 Å². The third-order valence-corrected chi connectivity index (χ3v) is 1.74. The molecule has 1 N–H and O–H groups in total. The molecular formula is C11H12O2. The van der Waals surface area contributed by atoms with Crippen LogP contribution in [0.2, 0.25) is 0 Å². The number of aliphatic hydroxyl groups is 1. The van der Waals surface area contributed by atoms with E-state index in [4.69, 9.17) is 0 Å². The Kier molecular flexibility index (Phi) is 2.85. The van der Waals surface area contributed by atoms with Crippen molar-refractivity contribution < 1.29 is 9.90 Å². The smallest absolute Gasteiger partial charge is 0.190 e. The molecule has 0 spiro atoms. The van der Waals surface area contributed by atoms with Crippen molar-refractivity contribution in [1.82, 2.24) is 0 Å². The van der Waals surface area contributed by atoms with E-state index in [9.17, 15) is 9.90 Å². The van der Waals surface area contributed by atoms with Crippen LogP contribution in [-0.4, -0.2) is 10.9 Å². The van der Waals surface area contributed by atoms with Gasteiger partial charge in [-0.05, 0) is 0 Å². The van der Waals surface area contributed by atoms with E-state index >= 15 is 0 Å². The Morgan fingerprint density at radius 3 is 2.15 bits per heavy atom. The first-order chi connectivity index (χ1) is 6.29. The molecule has 2 rings (SSSR count). The molecule has 0 saturated carbocycles. The van der Waals surface area contributed by atoms with Gasteiger partial charge in [-0.1, -0.05) is 38.1 Å². The van der Waals surface area contributed by atoms with Crippen molar-refractivity contribution in [2.24, 2.45) is 0 Å². The standard InChI is InChI=1S/C9H6O2.C2H6/c10-8-5-9(11)7-4-2-1-3-6(7)8;1-2/h1-5,10H;1-2H3. The number of carbonyl (C=O) groups is 1. The highest BCUT2D eigenvalue weighted by Gasteiger charge is 2.18. The van der Waals surface area contributed by atoms with E-state index in [1.165, 1.54) is 6.08 Å². The monoisotopic (exact) mass is 176 g/mol. The van der Waals surface area contributed by atoms with Crippen LogP contribution >= 0.6 is 0 Å². The predicted octanol–water partition coefficient (Wildman–Crippen LogP) is 2.81. The van der Waals surface area contributed by atoms with Crippen molar-refractivity contribution in [2.75, 3.05) is 0 Å². The normalized spacial score (nSPS) is 12.8. The molecule has 0 unspecified atom stereocenters. The van der Waals surface area contributed by atoms with Gasteiger partial charge in [0.15, 0.2) is 5.78 Å². The summed E-state index contributed by atoms with van der Waals surface area (Å²) in [7, 11) is 0. The summed E-state index contributed by atoms with van der Waals surface area (Å²) in [6.45, 7) is 4.00. The Labute approximate surface area is 77.5 Å². The molecule has 0 saturated heterocycles. The first-order valence-corrected chi connectivity index (χ1v) is 4.33. The van der Waals surface area contributed by atoms with Crippen LogP contribution in [-0.2, 0) is 0 Å². The van der Waals surface area contributed by atoms with Gasteiger partial charge in [0.25, 0.3) is 0 Å². The average Bonchev–Trinajstić information content (AvgIpc) is 2.47. The van der Waals surface area contributed by atoms with E-state index in [1.807, 2.05) is 13.8 Å². The largest absolute Gasteiger partial charge is 0.507 e. The van der Waals surface area contributed by atoms with Crippen molar-refractivity contribution in [1.29, 1.82) is 0 Å². The summed E-state index contributed by atoms with van der Waals surface area (Å²) in [4.78, 5) is 11.0. The summed E-state index contributed by atoms with van der Waals surface area (Å²) in [5.74, 6) is -0.0382. The molecule has 68 valence electrons. The maximum Gasteiger partial charge on any atom is 0.190 e. The van der Waals surface area contributed by atoms with Crippen LogP contribution in [0.3, 0.4) is 0 Å². The summed E-state index contributed by atoms with van der Waals surface area (Å²) in [6.07, 6.45) is 1.24. The fourth-order valence-corrected chi connectivity index (χ4v) is 1.20. The number of ketones is 1. The first-order valence-electron chi connectivity index (χ1n) is 4.33. The summed E-state index contributed by atoms with van der Waals surface area (Å²) in [6, 6.07) is 7.01. The summed E-state index contributed by atoms with van der Waals surface area (Å²) in [5.41, 5.74) is 1.22. The number of rotatable bonds is 0. The average molecular weight is 176 g/mol. The third-order valence-electron chi connectivity index (χ3n) is 1.74. The van der Waals surface area contributed by atoms with E-state index in [1.54, 1.807) is 24.3 Å². The Morgan fingerprint density at radius 2 is 1.62 bits per heavy atom. The molecule has 0 radical (unpaired) electrons. The zero-order valence-electron chi connectivity index (χ0n) is 7.74. The number of allylic oxidation sites excluding steroid dienone is 1. The fourth-order valence-electron chi connectivity index (χ4n) is 1.20. The van der Waals surface area contributed by atoms with Crippen LogP contribution in [0.25, 0.3) is 5.76 Å². The lowest BCUT2D eigenvalue weighted by atomic mass is 10.1. The van der Waals surface area contributed by atoms with Gasteiger partial charge in [-0.15, -0.1) is 0 Å². The topological polar surface area (TPSA) is 37.3 Å². The van der Waals surface area contributed by atoms with Crippen molar-refractivity contribution in [3.05, 3.63) is 41.5 Å². The molecule has 0 aliphatic heterocycles. The minimum Gasteiger partial charge on any atom is -0.507 e. The highest BCUT2D eigenvalue weighted by Crippen LogP contribution is 2.24. The summed E-state index contributed by atoms with van der Waals surface area (Å²) in [5, 5.41) is 9.19. The van der Waals surface area contributed by atoms with Crippen molar-refractivity contribution >= 4 is 11.5 Å². The Bertz CT molecular complexity index is 351. The molecule has 0 heterocycles. The number of carbonyl (C=O) groups excluding carboxylic acids is 1. The molecular weight excluding hydrogens is 164 g/mol. The minimum atomic E-state index is -0.113. The van der Waals surface area contributed by atoms with Gasteiger partial charge in [0.1, 0.15) is 5.76 Å². The van der Waals surface area contributed by atoms with E-state index in [0.29, 0.717) is 11.1 Å². The second-order valence-electron chi connectivity index (χ2n) is 2.44. The molecule has 0 aromatic heterocycles. The summed E-state index contributed by atoms with van der Waals surface area (Å²) >= 11 is 0. The van der Waals surface area contributed by atoms with Crippen LogP contribution in [0.1, 0.15) is 29.8 Å². The van der Waals surface area contributed by atoms with Crippen LogP contribution in [0.15, 0.2) is 30.3 Å². The maximum atomic E-state index is 11.0. The lowest BCUT2D eigenvalue weighted by Crippen LogP contribution is -1.89. The van der Waals surface area contributed by atoms with E-state index in [2.05, 4.69) is 0 Å². The SMILES string of the molecule is CC.O=C1C=C(O)c2ccccc21. The lowest BCUT2D eigenvalue weighted by Gasteiger charge is -1.95. The van der Waals surface area contributed by atoms with Crippen LogP contribution < -0.4 is 0 Å². The maximum absolute atomic E-state index is 11.0. The second-order valence-corrected chi connectivity index (χ2v) is 2.44. The highest BCUT2D eigenvalue weighted by atomic mass is 16.3. The number of aliphatic hydroxyl groups excluding tert-OH is 1. The molecule has 1 aromatic carbocycles. The molecule has 1 aliphatic rings. The summed E-state index contributed by atoms with van der Waals surface area (Å²) < 4.78 is 0. The molecule has 1 aromatic rings. The van der Waals surface area contributed by atoms with E-state index < -0.39 is 0 Å². The van der Waals surface area contributed by atoms with Gasteiger partial charge in [-0.25, -0.2) is 0 Å². The van der Waals surface area contributed by atoms with E-state index in [-0.39, 0.29) is 11.5 Å². The number of fused-ring (bicyclic) bond motifs is 1. The number of benzene rings is 1. The second kappa shape index (κ2) is 3.90. The molecule has 13 heavy (non-hydrogen) atoms. The Morgan fingerprint density at radius 1 is 1.08 bits per heavy atom. The van der Waals surface area contributed by atoms with Crippen molar-refractivity contribution in [2.45, 2.75) is 13.8 Å². The van der Waals surface area contributed by atoms with E-state index in [0.717, 1.165) is 0 Å². The van der Waals surface area contributed by atoms with Gasteiger partial charge in [0.2, 0.25) is 0 Å². The van der Waals surface area contributed by atoms with Gasteiger partial charge in [0, 0.05) is 17.2 Å². The molecule has 2 nitrogen and oxygen atoms in total. The molecule has 2 heteroatoms. The van der Waals surface area contributed by atoms with Gasteiger partial charge >= 0.3 is 0 Å². The third kappa shape index (κ3) is 1.61. The number of hydrogen-bond acceptors (Lipinski definition) is 2. The molecule has 0 atom stereocenters. The molecule has 0 fully saturated rings. The highest BCUT2D eigenvalue weighted by molar-refractivity contribution is 6.15. The van der Waals surface area contributed by atoms with Gasteiger partial charge in [-0.2, -0.15) is 0 Å². The first kappa shape index (κ1) is 9.52. The Hall–Kier alpha value is -1.57. The van der Waals surface area contributed by atoms with Crippen molar-refractivity contribution in [3.8, 4) is 0 Å². The van der Waals surface area contributed by atoms with Crippen LogP contribution in [0.5, 0.6) is 0 Å². The zero-order valence-corrected chi connectivity index (χ0v) is 7.74. The number of hydrogen-bond donors (Lipinski definition) is 1. The van der Waals surface area contributed by atoms with Gasteiger partial charge < -0.3 is 5.11 Å². The van der Waals surface area contributed by atoms with Crippen LogP contribution in [0.4, 0.5) is 0 Å². The minimum absolute atomic E-state index is 0.0746. The van der Waals surface area contributed by atoms with Crippen molar-refractivity contribution in [3.63, 3.8) is 0 Å². The lowest BCUT2D eigenvalue weighted by molar-refractivity contribution is 0.104. The zero-order chi connectivity index (χ0) is 9.84. The fraction of sp³-hybridized carbons (Fsp3) is 0.182.